The summed E-state index contributed by atoms with van der Waals surface area (Å²) in [5.41, 5.74) is 1.04. The molecule has 2 rings (SSSR count). The van der Waals surface area contributed by atoms with Crippen molar-refractivity contribution in [3.63, 3.8) is 0 Å². The number of rotatable bonds is 5. The Morgan fingerprint density at radius 3 is 2.52 bits per heavy atom. The Morgan fingerprint density at radius 1 is 1.24 bits per heavy atom. The number of aliphatic hydroxyl groups is 1. The lowest BCUT2D eigenvalue weighted by Crippen LogP contribution is -2.42. The number of hydrogen-bond acceptors (Lipinski definition) is 3. The van der Waals surface area contributed by atoms with Gasteiger partial charge in [0.15, 0.2) is 0 Å². The largest absolute Gasteiger partial charge is 0.394 e. The summed E-state index contributed by atoms with van der Waals surface area (Å²) in [5.74, 6) is -0.421. The van der Waals surface area contributed by atoms with E-state index < -0.39 is 11.4 Å². The van der Waals surface area contributed by atoms with Gasteiger partial charge in [0.05, 0.1) is 23.8 Å². The van der Waals surface area contributed by atoms with Gasteiger partial charge in [-0.2, -0.15) is 5.26 Å². The summed E-state index contributed by atoms with van der Waals surface area (Å²) >= 11 is 0. The Morgan fingerprint density at radius 2 is 1.95 bits per heavy atom. The van der Waals surface area contributed by atoms with Gasteiger partial charge in [-0.25, -0.2) is 4.39 Å². The molecule has 0 fully saturated rings. The van der Waals surface area contributed by atoms with E-state index in [1.54, 1.807) is 12.1 Å². The summed E-state index contributed by atoms with van der Waals surface area (Å²) in [4.78, 5) is 0. The Labute approximate surface area is 123 Å². The molecule has 1 unspecified atom stereocenters. The van der Waals surface area contributed by atoms with Crippen LogP contribution in [0.2, 0.25) is 0 Å². The number of aliphatic hydroxyl groups excluding tert-OH is 1. The summed E-state index contributed by atoms with van der Waals surface area (Å²) in [6, 6.07) is 15.8. The second-order valence-corrected chi connectivity index (χ2v) is 5.13. The minimum atomic E-state index is -0.651. The van der Waals surface area contributed by atoms with Crippen molar-refractivity contribution in [1.82, 2.24) is 5.32 Å². The molecule has 2 aromatic rings. The maximum absolute atomic E-state index is 13.9. The number of nitrogens with one attached hydrogen (secondary N) is 1. The molecule has 1 atom stereocenters. The zero-order valence-corrected chi connectivity index (χ0v) is 11.8. The summed E-state index contributed by atoms with van der Waals surface area (Å²) in [6.07, 6.45) is 0. The zero-order chi connectivity index (χ0) is 15.3. The fraction of sp³-hybridized carbons (Fsp3) is 0.235. The smallest absolute Gasteiger partial charge is 0.129 e. The van der Waals surface area contributed by atoms with Crippen molar-refractivity contribution in [2.24, 2.45) is 0 Å². The topological polar surface area (TPSA) is 56.0 Å². The van der Waals surface area contributed by atoms with Crippen LogP contribution in [0.5, 0.6) is 0 Å². The van der Waals surface area contributed by atoms with E-state index in [1.165, 1.54) is 6.07 Å². The molecule has 0 radical (unpaired) electrons. The van der Waals surface area contributed by atoms with Gasteiger partial charge >= 0.3 is 0 Å². The fourth-order valence-electron chi connectivity index (χ4n) is 2.11. The van der Waals surface area contributed by atoms with Gasteiger partial charge in [-0.05, 0) is 24.6 Å². The van der Waals surface area contributed by atoms with E-state index >= 15 is 0 Å². The van der Waals surface area contributed by atoms with Crippen LogP contribution in [0.4, 0.5) is 4.39 Å². The molecule has 108 valence electrons. The lowest BCUT2D eigenvalue weighted by molar-refractivity contribution is 0.173. The predicted octanol–water partition coefficient (Wildman–Crippen LogP) is 2.69. The molecule has 3 nitrogen and oxygen atoms in total. The first-order valence-electron chi connectivity index (χ1n) is 6.69. The molecular weight excluding hydrogens is 267 g/mol. The van der Waals surface area contributed by atoms with E-state index in [-0.39, 0.29) is 13.2 Å². The highest BCUT2D eigenvalue weighted by Gasteiger charge is 2.25. The molecule has 0 heterocycles. The molecule has 4 heteroatoms. The molecule has 0 spiro atoms. The second-order valence-electron chi connectivity index (χ2n) is 5.13. The first-order valence-corrected chi connectivity index (χ1v) is 6.69. The zero-order valence-electron chi connectivity index (χ0n) is 11.8. The third kappa shape index (κ3) is 3.46. The third-order valence-corrected chi connectivity index (χ3v) is 3.58. The minimum Gasteiger partial charge on any atom is -0.394 e. The molecule has 0 amide bonds. The summed E-state index contributed by atoms with van der Waals surface area (Å²) in [5, 5.41) is 21.6. The fourth-order valence-corrected chi connectivity index (χ4v) is 2.11. The van der Waals surface area contributed by atoms with Crippen molar-refractivity contribution in [3.8, 4) is 6.07 Å². The Bertz CT molecular complexity index is 652. The normalized spacial score (nSPS) is 13.4. The molecule has 0 aliphatic carbocycles. The van der Waals surface area contributed by atoms with Gasteiger partial charge in [-0.15, -0.1) is 0 Å². The Balaban J connectivity index is 2.16. The van der Waals surface area contributed by atoms with Crippen LogP contribution in [0, 0.1) is 17.1 Å². The number of benzene rings is 2. The van der Waals surface area contributed by atoms with E-state index in [9.17, 15) is 9.50 Å². The van der Waals surface area contributed by atoms with Crippen LogP contribution >= 0.6 is 0 Å². The van der Waals surface area contributed by atoms with Gasteiger partial charge in [-0.1, -0.05) is 36.4 Å². The monoisotopic (exact) mass is 284 g/mol. The lowest BCUT2D eigenvalue weighted by atomic mass is 9.92. The molecule has 21 heavy (non-hydrogen) atoms. The third-order valence-electron chi connectivity index (χ3n) is 3.58. The number of halogens is 1. The van der Waals surface area contributed by atoms with E-state index in [2.05, 4.69) is 5.32 Å². The van der Waals surface area contributed by atoms with Crippen molar-refractivity contribution in [1.29, 1.82) is 5.26 Å². The number of nitrogens with zero attached hydrogens (tertiary/aromatic N) is 1. The van der Waals surface area contributed by atoms with Gasteiger partial charge in [0.2, 0.25) is 0 Å². The standard InChI is InChI=1S/C17H17FN2O/c1-17(12-21,15-5-3-2-4-6-15)20-11-14-8-7-13(10-19)9-16(14)18/h2-9,20-21H,11-12H2,1H3. The van der Waals surface area contributed by atoms with Crippen LogP contribution in [-0.4, -0.2) is 11.7 Å². The van der Waals surface area contributed by atoms with E-state index in [0.717, 1.165) is 5.56 Å². The van der Waals surface area contributed by atoms with Gasteiger partial charge in [0.1, 0.15) is 5.82 Å². The SMILES string of the molecule is CC(CO)(NCc1ccc(C#N)cc1F)c1ccccc1. The van der Waals surface area contributed by atoms with E-state index in [1.807, 2.05) is 43.3 Å². The van der Waals surface area contributed by atoms with Gasteiger partial charge in [0, 0.05) is 12.1 Å². The van der Waals surface area contributed by atoms with Crippen LogP contribution < -0.4 is 5.32 Å². The predicted molar refractivity (Wildman–Crippen MR) is 78.8 cm³/mol. The van der Waals surface area contributed by atoms with Crippen molar-refractivity contribution in [2.45, 2.75) is 19.0 Å². The molecule has 0 aliphatic heterocycles. The highest BCUT2D eigenvalue weighted by Crippen LogP contribution is 2.21. The van der Waals surface area contributed by atoms with Gasteiger partial charge in [-0.3, -0.25) is 0 Å². The van der Waals surface area contributed by atoms with Crippen LogP contribution in [0.25, 0.3) is 0 Å². The van der Waals surface area contributed by atoms with Crippen molar-refractivity contribution < 1.29 is 9.50 Å². The van der Waals surface area contributed by atoms with Crippen LogP contribution in [-0.2, 0) is 12.1 Å². The molecular formula is C17H17FN2O. The number of nitriles is 1. The molecule has 0 saturated carbocycles. The van der Waals surface area contributed by atoms with E-state index in [4.69, 9.17) is 5.26 Å². The van der Waals surface area contributed by atoms with Crippen LogP contribution in [0.1, 0.15) is 23.6 Å². The maximum atomic E-state index is 13.9. The molecule has 2 aromatic carbocycles. The average Bonchev–Trinajstić information content (AvgIpc) is 2.54. The minimum absolute atomic E-state index is 0.102. The Hall–Kier alpha value is -2.22. The molecule has 0 saturated heterocycles. The van der Waals surface area contributed by atoms with Crippen LogP contribution in [0.15, 0.2) is 48.5 Å². The summed E-state index contributed by atoms with van der Waals surface area (Å²) in [6.45, 7) is 2.03. The van der Waals surface area contributed by atoms with Crippen molar-refractivity contribution in [2.75, 3.05) is 6.61 Å². The van der Waals surface area contributed by atoms with Gasteiger partial charge in [0.25, 0.3) is 0 Å². The summed E-state index contributed by atoms with van der Waals surface area (Å²) in [7, 11) is 0. The molecule has 2 N–H and O–H groups in total. The molecule has 0 bridgehead atoms. The molecule has 0 aliphatic rings. The highest BCUT2D eigenvalue weighted by molar-refractivity contribution is 5.33. The first-order chi connectivity index (χ1) is 10.1. The quantitative estimate of drug-likeness (QED) is 0.887. The highest BCUT2D eigenvalue weighted by atomic mass is 19.1. The van der Waals surface area contributed by atoms with Crippen LogP contribution in [0.3, 0.4) is 0 Å². The first kappa shape index (κ1) is 15.2. The average molecular weight is 284 g/mol. The second kappa shape index (κ2) is 6.49. The Kier molecular flexibility index (Phi) is 4.69. The van der Waals surface area contributed by atoms with Gasteiger partial charge < -0.3 is 10.4 Å². The van der Waals surface area contributed by atoms with E-state index in [0.29, 0.717) is 11.1 Å². The maximum Gasteiger partial charge on any atom is 0.129 e. The lowest BCUT2D eigenvalue weighted by Gasteiger charge is -2.29. The van der Waals surface area contributed by atoms with Crippen molar-refractivity contribution >= 4 is 0 Å². The summed E-state index contributed by atoms with van der Waals surface area (Å²) < 4.78 is 13.9. The number of hydrogen-bond donors (Lipinski definition) is 2. The molecule has 0 aromatic heterocycles. The van der Waals surface area contributed by atoms with Crippen molar-refractivity contribution in [3.05, 3.63) is 71.0 Å².